The minimum absolute atomic E-state index is 0.0208. The first-order valence-electron chi connectivity index (χ1n) is 5.32. The molecule has 0 rings (SSSR count). The maximum absolute atomic E-state index is 10.0. The van der Waals surface area contributed by atoms with Gasteiger partial charge in [0, 0.05) is 20.8 Å². The topological polar surface area (TPSA) is 175 Å². The Morgan fingerprint density at radius 2 is 0.900 bits per heavy atom. The zero-order valence-electron chi connectivity index (χ0n) is 12.2. The monoisotopic (exact) mass is 297 g/mol. The van der Waals surface area contributed by atoms with E-state index < -0.39 is 29.9 Å². The standard InChI is InChI=1S/C5H11NO2.3C2H4O2/c1-3(2)4(6)5(7)8;3*1-2(3)4/h3-4H,6H2,1-2H3,(H,7,8);3*1H3,(H,3,4)/t4-;;;/m0.../s1. The second-order valence-corrected chi connectivity index (χ2v) is 3.67. The smallest absolute Gasteiger partial charge is 0.320 e. The molecule has 20 heavy (non-hydrogen) atoms. The normalized spacial score (nSPS) is 9.35. The largest absolute Gasteiger partial charge is 0.481 e. The molecule has 1 atom stereocenters. The highest BCUT2D eigenvalue weighted by atomic mass is 16.4. The maximum Gasteiger partial charge on any atom is 0.320 e. The van der Waals surface area contributed by atoms with E-state index in [0.717, 1.165) is 20.8 Å². The number of carboxylic acids is 4. The Labute approximate surface area is 117 Å². The molecule has 0 aromatic heterocycles. The van der Waals surface area contributed by atoms with Crippen molar-refractivity contribution in [2.45, 2.75) is 40.7 Å². The molecular formula is C11H23NO8. The summed E-state index contributed by atoms with van der Waals surface area (Å²) in [4.78, 5) is 37.0. The molecule has 0 bridgehead atoms. The minimum atomic E-state index is -0.931. The fourth-order valence-electron chi connectivity index (χ4n) is 0.285. The van der Waals surface area contributed by atoms with E-state index in [9.17, 15) is 4.79 Å². The fourth-order valence-corrected chi connectivity index (χ4v) is 0.285. The van der Waals surface area contributed by atoms with Crippen LogP contribution in [-0.2, 0) is 19.2 Å². The summed E-state index contributed by atoms with van der Waals surface area (Å²) >= 11 is 0. The molecule has 0 fully saturated rings. The highest BCUT2D eigenvalue weighted by Crippen LogP contribution is 1.96. The van der Waals surface area contributed by atoms with Crippen LogP contribution in [0, 0.1) is 5.92 Å². The van der Waals surface area contributed by atoms with Crippen LogP contribution in [0.15, 0.2) is 0 Å². The van der Waals surface area contributed by atoms with Crippen molar-refractivity contribution in [3.05, 3.63) is 0 Å². The van der Waals surface area contributed by atoms with E-state index in [2.05, 4.69) is 0 Å². The molecule has 0 radical (unpaired) electrons. The summed E-state index contributed by atoms with van der Waals surface area (Å²) in [6.07, 6.45) is 0. The van der Waals surface area contributed by atoms with Crippen molar-refractivity contribution in [2.75, 3.05) is 0 Å². The number of hydrogen-bond donors (Lipinski definition) is 5. The van der Waals surface area contributed by atoms with Crippen molar-refractivity contribution in [1.29, 1.82) is 0 Å². The molecule has 0 saturated carbocycles. The van der Waals surface area contributed by atoms with Crippen LogP contribution in [0.2, 0.25) is 0 Å². The van der Waals surface area contributed by atoms with Crippen LogP contribution < -0.4 is 5.73 Å². The third kappa shape index (κ3) is 102. The number of carbonyl (C=O) groups is 4. The van der Waals surface area contributed by atoms with Crippen molar-refractivity contribution in [1.82, 2.24) is 0 Å². The Bertz CT molecular complexity index is 260. The zero-order valence-corrected chi connectivity index (χ0v) is 12.2. The second-order valence-electron chi connectivity index (χ2n) is 3.67. The lowest BCUT2D eigenvalue weighted by atomic mass is 10.1. The van der Waals surface area contributed by atoms with E-state index in [1.165, 1.54) is 0 Å². The van der Waals surface area contributed by atoms with Gasteiger partial charge < -0.3 is 26.2 Å². The molecule has 9 heteroatoms. The number of aliphatic carboxylic acids is 4. The predicted octanol–water partition coefficient (Wildman–Crippen LogP) is 0.327. The molecule has 0 spiro atoms. The SMILES string of the molecule is CC(=O)O.CC(=O)O.CC(=O)O.CC(C)[C@H](N)C(=O)O. The van der Waals surface area contributed by atoms with E-state index in [4.69, 9.17) is 40.5 Å². The van der Waals surface area contributed by atoms with Gasteiger partial charge in [-0.05, 0) is 5.92 Å². The first-order valence-corrected chi connectivity index (χ1v) is 5.32. The molecule has 0 aromatic carbocycles. The van der Waals surface area contributed by atoms with Crippen LogP contribution in [-0.4, -0.2) is 50.3 Å². The van der Waals surface area contributed by atoms with E-state index in [1.807, 2.05) is 0 Å². The Morgan fingerprint density at radius 3 is 0.900 bits per heavy atom. The average molecular weight is 297 g/mol. The van der Waals surface area contributed by atoms with Gasteiger partial charge in [0.15, 0.2) is 0 Å². The van der Waals surface area contributed by atoms with Gasteiger partial charge in [-0.3, -0.25) is 19.2 Å². The van der Waals surface area contributed by atoms with Crippen LogP contribution in [0.5, 0.6) is 0 Å². The fraction of sp³-hybridized carbons (Fsp3) is 0.636. The van der Waals surface area contributed by atoms with Gasteiger partial charge in [-0.15, -0.1) is 0 Å². The van der Waals surface area contributed by atoms with Crippen molar-refractivity contribution in [2.24, 2.45) is 11.7 Å². The van der Waals surface area contributed by atoms with Crippen molar-refractivity contribution in [3.8, 4) is 0 Å². The number of rotatable bonds is 2. The van der Waals surface area contributed by atoms with Gasteiger partial charge >= 0.3 is 5.97 Å². The predicted molar refractivity (Wildman–Crippen MR) is 70.4 cm³/mol. The van der Waals surface area contributed by atoms with Crippen molar-refractivity contribution >= 4 is 23.9 Å². The Morgan fingerprint density at radius 1 is 0.750 bits per heavy atom. The van der Waals surface area contributed by atoms with Crippen LogP contribution in [0.3, 0.4) is 0 Å². The lowest BCUT2D eigenvalue weighted by Crippen LogP contribution is -2.34. The molecule has 0 aliphatic heterocycles. The quantitative estimate of drug-likeness (QED) is 0.480. The first-order chi connectivity index (χ1) is 8.75. The minimum Gasteiger partial charge on any atom is -0.481 e. The molecule has 0 aliphatic rings. The maximum atomic E-state index is 10.0. The summed E-state index contributed by atoms with van der Waals surface area (Å²) in [5, 5.41) is 30.5. The number of carboxylic acid groups (broad SMARTS) is 4. The van der Waals surface area contributed by atoms with Crippen molar-refractivity contribution in [3.63, 3.8) is 0 Å². The zero-order chi connectivity index (χ0) is 17.5. The first kappa shape index (κ1) is 26.4. The summed E-state index contributed by atoms with van der Waals surface area (Å²) in [5.74, 6) is -3.41. The van der Waals surface area contributed by atoms with Gasteiger partial charge in [-0.1, -0.05) is 13.8 Å². The van der Waals surface area contributed by atoms with E-state index >= 15 is 0 Å². The molecular weight excluding hydrogens is 274 g/mol. The molecule has 0 aromatic rings. The molecule has 9 nitrogen and oxygen atoms in total. The number of hydrogen-bond acceptors (Lipinski definition) is 5. The lowest BCUT2D eigenvalue weighted by Gasteiger charge is -2.07. The third-order valence-corrected chi connectivity index (χ3v) is 1.00. The van der Waals surface area contributed by atoms with Crippen LogP contribution in [0.25, 0.3) is 0 Å². The van der Waals surface area contributed by atoms with Crippen LogP contribution in [0.1, 0.15) is 34.6 Å². The summed E-state index contributed by atoms with van der Waals surface area (Å²) in [6.45, 7) is 6.80. The molecule has 0 saturated heterocycles. The van der Waals surface area contributed by atoms with Gasteiger partial charge in [-0.25, -0.2) is 0 Å². The van der Waals surface area contributed by atoms with Crippen LogP contribution in [0.4, 0.5) is 0 Å². The third-order valence-electron chi connectivity index (χ3n) is 1.00. The Kier molecular flexibility index (Phi) is 22.2. The van der Waals surface area contributed by atoms with Gasteiger partial charge in [0.2, 0.25) is 0 Å². The molecule has 0 aliphatic carbocycles. The second kappa shape index (κ2) is 16.8. The summed E-state index contributed by atoms with van der Waals surface area (Å²) < 4.78 is 0. The van der Waals surface area contributed by atoms with Gasteiger partial charge in [0.25, 0.3) is 17.9 Å². The van der Waals surface area contributed by atoms with E-state index in [-0.39, 0.29) is 5.92 Å². The van der Waals surface area contributed by atoms with Crippen molar-refractivity contribution < 1.29 is 39.6 Å². The average Bonchev–Trinajstić information content (AvgIpc) is 2.13. The summed E-state index contributed by atoms with van der Waals surface area (Å²) in [5.41, 5.74) is 5.16. The summed E-state index contributed by atoms with van der Waals surface area (Å²) in [6, 6.07) is -0.713. The van der Waals surface area contributed by atoms with Gasteiger partial charge in [0.1, 0.15) is 6.04 Å². The molecule has 120 valence electrons. The molecule has 0 unspecified atom stereocenters. The molecule has 0 heterocycles. The van der Waals surface area contributed by atoms with Gasteiger partial charge in [0.05, 0.1) is 0 Å². The lowest BCUT2D eigenvalue weighted by molar-refractivity contribution is -0.139. The van der Waals surface area contributed by atoms with E-state index in [0.29, 0.717) is 0 Å². The molecule has 6 N–H and O–H groups in total. The van der Waals surface area contributed by atoms with E-state index in [1.54, 1.807) is 13.8 Å². The Balaban J connectivity index is -0.0000000917. The van der Waals surface area contributed by atoms with Crippen LogP contribution >= 0.6 is 0 Å². The summed E-state index contributed by atoms with van der Waals surface area (Å²) in [7, 11) is 0. The highest BCUT2D eigenvalue weighted by molar-refractivity contribution is 5.73. The molecule has 0 amide bonds. The number of nitrogens with two attached hydrogens (primary N) is 1. The Hall–Kier alpha value is -2.16. The van der Waals surface area contributed by atoms with Gasteiger partial charge in [-0.2, -0.15) is 0 Å². The highest BCUT2D eigenvalue weighted by Gasteiger charge is 2.14.